The number of carboxylic acids is 1. The fourth-order valence-electron chi connectivity index (χ4n) is 2.50. The average molecular weight is 357 g/mol. The van der Waals surface area contributed by atoms with Gasteiger partial charge in [-0.3, -0.25) is 4.79 Å². The van der Waals surface area contributed by atoms with E-state index in [1.165, 1.54) is 12.1 Å². The molecule has 0 heterocycles. The van der Waals surface area contributed by atoms with Crippen LogP contribution in [0, 0.1) is 0 Å². The zero-order valence-corrected chi connectivity index (χ0v) is 14.3. The summed E-state index contributed by atoms with van der Waals surface area (Å²) in [4.78, 5) is 23.2. The van der Waals surface area contributed by atoms with Crippen LogP contribution in [-0.4, -0.2) is 47.2 Å². The molecular formula is C18H20BNO6. The van der Waals surface area contributed by atoms with Gasteiger partial charge in [0.15, 0.2) is 0 Å². The summed E-state index contributed by atoms with van der Waals surface area (Å²) in [5, 5.41) is 30.7. The molecule has 0 aliphatic carbocycles. The van der Waals surface area contributed by atoms with E-state index in [4.69, 9.17) is 9.84 Å². The standard InChI is InChI=1S/C18H20BNO6/c1-26-15-7-5-12(6-8-15)11-17(21)20-16(19(24)25)10-13-3-2-4-14(9-13)18(22)23/h2-9,16,24-25H,10-11H2,1H3,(H,20,21)(H,22,23)/t16-/m0/s1. The van der Waals surface area contributed by atoms with Crippen LogP contribution in [0.5, 0.6) is 5.75 Å². The summed E-state index contributed by atoms with van der Waals surface area (Å²) >= 11 is 0. The molecule has 0 aliphatic heterocycles. The summed E-state index contributed by atoms with van der Waals surface area (Å²) < 4.78 is 5.05. The van der Waals surface area contributed by atoms with Crippen molar-refractivity contribution in [3.63, 3.8) is 0 Å². The fourth-order valence-corrected chi connectivity index (χ4v) is 2.50. The maximum absolute atomic E-state index is 12.2. The summed E-state index contributed by atoms with van der Waals surface area (Å²) in [6.45, 7) is 0. The number of methoxy groups -OCH3 is 1. The van der Waals surface area contributed by atoms with E-state index in [1.807, 2.05) is 0 Å². The predicted octanol–water partition coefficient (Wildman–Crippen LogP) is 0.675. The van der Waals surface area contributed by atoms with Crippen molar-refractivity contribution in [3.8, 4) is 5.75 Å². The number of rotatable bonds is 8. The van der Waals surface area contributed by atoms with E-state index < -0.39 is 19.0 Å². The highest BCUT2D eigenvalue weighted by Crippen LogP contribution is 2.12. The van der Waals surface area contributed by atoms with E-state index in [0.717, 1.165) is 5.56 Å². The Bertz CT molecular complexity index is 763. The van der Waals surface area contributed by atoms with E-state index in [-0.39, 0.29) is 24.3 Å². The van der Waals surface area contributed by atoms with Crippen molar-refractivity contribution in [1.82, 2.24) is 5.32 Å². The molecule has 0 aliphatic rings. The molecule has 8 heteroatoms. The smallest absolute Gasteiger partial charge is 0.475 e. The second-order valence-corrected chi connectivity index (χ2v) is 5.82. The molecule has 2 rings (SSSR count). The summed E-state index contributed by atoms with van der Waals surface area (Å²) in [6, 6.07) is 13.1. The quantitative estimate of drug-likeness (QED) is 0.516. The number of hydrogen-bond acceptors (Lipinski definition) is 5. The van der Waals surface area contributed by atoms with Gasteiger partial charge in [0.1, 0.15) is 5.75 Å². The maximum atomic E-state index is 12.2. The molecule has 1 amide bonds. The number of carbonyl (C=O) groups excluding carboxylic acids is 1. The lowest BCUT2D eigenvalue weighted by Crippen LogP contribution is -2.48. The molecule has 26 heavy (non-hydrogen) atoms. The number of ether oxygens (including phenoxy) is 1. The molecule has 0 spiro atoms. The van der Waals surface area contributed by atoms with Crippen molar-refractivity contribution in [3.05, 3.63) is 65.2 Å². The van der Waals surface area contributed by atoms with E-state index in [2.05, 4.69) is 5.32 Å². The van der Waals surface area contributed by atoms with Gasteiger partial charge in [-0.2, -0.15) is 0 Å². The van der Waals surface area contributed by atoms with Crippen LogP contribution >= 0.6 is 0 Å². The summed E-state index contributed by atoms with van der Waals surface area (Å²) in [5.41, 5.74) is 1.42. The Morgan fingerprint density at radius 3 is 2.38 bits per heavy atom. The molecule has 0 unspecified atom stereocenters. The highest BCUT2D eigenvalue weighted by Gasteiger charge is 2.25. The van der Waals surface area contributed by atoms with Gasteiger partial charge in [0, 0.05) is 0 Å². The lowest BCUT2D eigenvalue weighted by atomic mass is 9.75. The van der Waals surface area contributed by atoms with Crippen LogP contribution in [0.15, 0.2) is 48.5 Å². The molecule has 0 saturated carbocycles. The Balaban J connectivity index is 2.01. The Hall–Kier alpha value is -2.84. The molecular weight excluding hydrogens is 337 g/mol. The number of carboxylic acid groups (broad SMARTS) is 1. The highest BCUT2D eigenvalue weighted by molar-refractivity contribution is 6.43. The number of hydrogen-bond donors (Lipinski definition) is 4. The van der Waals surface area contributed by atoms with Gasteiger partial charge >= 0.3 is 13.1 Å². The zero-order chi connectivity index (χ0) is 19.1. The van der Waals surface area contributed by atoms with Gasteiger partial charge in [-0.15, -0.1) is 0 Å². The van der Waals surface area contributed by atoms with Gasteiger partial charge in [-0.05, 0) is 41.8 Å². The molecule has 1 atom stereocenters. The number of amides is 1. The largest absolute Gasteiger partial charge is 0.497 e. The number of carbonyl (C=O) groups is 2. The first kappa shape index (κ1) is 19.5. The van der Waals surface area contributed by atoms with E-state index in [9.17, 15) is 19.6 Å². The first-order valence-electron chi connectivity index (χ1n) is 7.99. The first-order chi connectivity index (χ1) is 12.4. The zero-order valence-electron chi connectivity index (χ0n) is 14.3. The van der Waals surface area contributed by atoms with Gasteiger partial charge in [0.25, 0.3) is 0 Å². The van der Waals surface area contributed by atoms with Crippen LogP contribution in [0.3, 0.4) is 0 Å². The molecule has 0 aromatic heterocycles. The summed E-state index contributed by atoms with van der Waals surface area (Å²) in [5.74, 6) is -1.72. The second-order valence-electron chi connectivity index (χ2n) is 5.82. The Morgan fingerprint density at radius 1 is 1.12 bits per heavy atom. The van der Waals surface area contributed by atoms with Gasteiger partial charge in [-0.1, -0.05) is 24.3 Å². The second kappa shape index (κ2) is 9.03. The molecule has 4 N–H and O–H groups in total. The first-order valence-corrected chi connectivity index (χ1v) is 7.99. The SMILES string of the molecule is COc1ccc(CC(=O)N[C@@H](Cc2cccc(C(=O)O)c2)B(O)O)cc1. The minimum Gasteiger partial charge on any atom is -0.497 e. The molecule has 0 saturated heterocycles. The Morgan fingerprint density at radius 2 is 1.81 bits per heavy atom. The van der Waals surface area contributed by atoms with Crippen LogP contribution in [0.2, 0.25) is 0 Å². The molecule has 2 aromatic rings. The van der Waals surface area contributed by atoms with Crippen molar-refractivity contribution in [2.45, 2.75) is 18.8 Å². The van der Waals surface area contributed by atoms with Gasteiger partial charge in [-0.25, -0.2) is 4.79 Å². The summed E-state index contributed by atoms with van der Waals surface area (Å²) in [6.07, 6.45) is 0.162. The fraction of sp³-hybridized carbons (Fsp3) is 0.222. The number of benzene rings is 2. The average Bonchev–Trinajstić information content (AvgIpc) is 2.62. The monoisotopic (exact) mass is 357 g/mol. The third kappa shape index (κ3) is 5.61. The van der Waals surface area contributed by atoms with Crippen LogP contribution < -0.4 is 10.1 Å². The van der Waals surface area contributed by atoms with Crippen LogP contribution in [0.25, 0.3) is 0 Å². The van der Waals surface area contributed by atoms with E-state index in [1.54, 1.807) is 43.5 Å². The van der Waals surface area contributed by atoms with Gasteiger partial charge < -0.3 is 25.2 Å². The molecule has 0 fully saturated rings. The van der Waals surface area contributed by atoms with Crippen molar-refractivity contribution >= 4 is 19.0 Å². The minimum atomic E-state index is -1.77. The molecule has 7 nitrogen and oxygen atoms in total. The topological polar surface area (TPSA) is 116 Å². The van der Waals surface area contributed by atoms with E-state index in [0.29, 0.717) is 11.3 Å². The van der Waals surface area contributed by atoms with Crippen LogP contribution in [-0.2, 0) is 17.6 Å². The molecule has 0 radical (unpaired) electrons. The van der Waals surface area contributed by atoms with Crippen molar-refractivity contribution < 1.29 is 29.5 Å². The lowest BCUT2D eigenvalue weighted by molar-refractivity contribution is -0.120. The molecule has 0 bridgehead atoms. The summed E-state index contributed by atoms with van der Waals surface area (Å²) in [7, 11) is -0.225. The van der Waals surface area contributed by atoms with Gasteiger partial charge in [0.2, 0.25) is 5.91 Å². The Labute approximate surface area is 151 Å². The van der Waals surface area contributed by atoms with Gasteiger partial charge in [0.05, 0.1) is 25.0 Å². The number of nitrogens with one attached hydrogen (secondary N) is 1. The normalized spacial score (nSPS) is 11.5. The van der Waals surface area contributed by atoms with Crippen molar-refractivity contribution in [2.75, 3.05) is 7.11 Å². The lowest BCUT2D eigenvalue weighted by Gasteiger charge is -2.18. The third-order valence-electron chi connectivity index (χ3n) is 3.86. The Kier molecular flexibility index (Phi) is 6.77. The minimum absolute atomic E-state index is 0.0718. The highest BCUT2D eigenvalue weighted by atomic mass is 16.5. The molecule has 2 aromatic carbocycles. The van der Waals surface area contributed by atoms with Crippen LogP contribution in [0.1, 0.15) is 21.5 Å². The van der Waals surface area contributed by atoms with E-state index >= 15 is 0 Å². The molecule has 136 valence electrons. The predicted molar refractivity (Wildman–Crippen MR) is 95.9 cm³/mol. The third-order valence-corrected chi connectivity index (χ3v) is 3.86. The van der Waals surface area contributed by atoms with Crippen molar-refractivity contribution in [1.29, 1.82) is 0 Å². The van der Waals surface area contributed by atoms with Crippen LogP contribution in [0.4, 0.5) is 0 Å². The maximum Gasteiger partial charge on any atom is 0.475 e. The number of aromatic carboxylic acids is 1. The van der Waals surface area contributed by atoms with Crippen molar-refractivity contribution in [2.24, 2.45) is 0 Å².